The Hall–Kier alpha value is -3.81. The molecule has 8 nitrogen and oxygen atoms in total. The fourth-order valence-corrected chi connectivity index (χ4v) is 3.90. The molecule has 4 heterocycles. The summed E-state index contributed by atoms with van der Waals surface area (Å²) in [5.74, 6) is 1.70. The fourth-order valence-electron chi connectivity index (χ4n) is 3.90. The molecular weight excluding hydrogens is 390 g/mol. The van der Waals surface area contributed by atoms with Gasteiger partial charge in [-0.25, -0.2) is 0 Å². The first kappa shape index (κ1) is 19.2. The average Bonchev–Trinajstić information content (AvgIpc) is 3.08. The molecule has 1 saturated heterocycles. The summed E-state index contributed by atoms with van der Waals surface area (Å²) in [6, 6.07) is 17.6. The van der Waals surface area contributed by atoms with E-state index in [1.165, 1.54) is 0 Å². The molecule has 1 fully saturated rings. The van der Waals surface area contributed by atoms with Crippen LogP contribution in [0, 0.1) is 0 Å². The van der Waals surface area contributed by atoms with Crippen LogP contribution in [0.2, 0.25) is 0 Å². The molecular formula is C23H23N7O. The molecule has 0 unspecified atom stereocenters. The van der Waals surface area contributed by atoms with Gasteiger partial charge < -0.3 is 9.80 Å². The number of pyridine rings is 1. The van der Waals surface area contributed by atoms with Gasteiger partial charge >= 0.3 is 0 Å². The van der Waals surface area contributed by atoms with E-state index in [-0.39, 0.29) is 5.91 Å². The van der Waals surface area contributed by atoms with E-state index < -0.39 is 0 Å². The van der Waals surface area contributed by atoms with Gasteiger partial charge in [-0.15, -0.1) is 15.3 Å². The van der Waals surface area contributed by atoms with Crippen LogP contribution in [0.3, 0.4) is 0 Å². The van der Waals surface area contributed by atoms with Gasteiger partial charge in [-0.1, -0.05) is 30.3 Å². The number of hydrogen-bond donors (Lipinski definition) is 0. The van der Waals surface area contributed by atoms with Gasteiger partial charge in [-0.3, -0.25) is 9.78 Å². The molecule has 1 aromatic carbocycles. The lowest BCUT2D eigenvalue weighted by molar-refractivity contribution is -0.130. The summed E-state index contributed by atoms with van der Waals surface area (Å²) < 4.78 is 1.76. The zero-order chi connectivity index (χ0) is 21.0. The number of aromatic nitrogens is 5. The van der Waals surface area contributed by atoms with Crippen LogP contribution in [-0.2, 0) is 11.2 Å². The number of nitrogens with zero attached hydrogens (tertiary/aromatic N) is 7. The van der Waals surface area contributed by atoms with Gasteiger partial charge in [-0.05, 0) is 36.2 Å². The monoisotopic (exact) mass is 413 g/mol. The molecule has 0 bridgehead atoms. The minimum atomic E-state index is 0.175. The average molecular weight is 413 g/mol. The van der Waals surface area contributed by atoms with Crippen LogP contribution < -0.4 is 4.90 Å². The highest BCUT2D eigenvalue weighted by Gasteiger charge is 2.21. The zero-order valence-electron chi connectivity index (χ0n) is 17.1. The van der Waals surface area contributed by atoms with E-state index in [1.807, 2.05) is 59.5 Å². The molecule has 0 atom stereocenters. The molecule has 3 aromatic heterocycles. The third kappa shape index (κ3) is 4.09. The maximum atomic E-state index is 12.8. The minimum absolute atomic E-state index is 0.175. The summed E-state index contributed by atoms with van der Waals surface area (Å²) in [5, 5.41) is 13.3. The quantitative estimate of drug-likeness (QED) is 0.511. The third-order valence-corrected chi connectivity index (χ3v) is 5.54. The number of anilines is 1. The molecule has 0 spiro atoms. The summed E-state index contributed by atoms with van der Waals surface area (Å²) in [7, 11) is 0. The van der Waals surface area contributed by atoms with E-state index in [0.717, 1.165) is 43.0 Å². The van der Waals surface area contributed by atoms with Crippen molar-refractivity contribution in [1.29, 1.82) is 0 Å². The highest BCUT2D eigenvalue weighted by molar-refractivity contribution is 5.78. The van der Waals surface area contributed by atoms with Crippen molar-refractivity contribution in [3.63, 3.8) is 0 Å². The van der Waals surface area contributed by atoms with Crippen molar-refractivity contribution in [2.24, 2.45) is 0 Å². The zero-order valence-corrected chi connectivity index (χ0v) is 17.1. The lowest BCUT2D eigenvalue weighted by atomic mass is 10.1. The topological polar surface area (TPSA) is 79.5 Å². The SMILES string of the molecule is O=C(Cc1ccccc1)N1CCCN(c2ccc3nnc(-c4cccnc4)n3n2)CC1. The molecule has 1 aliphatic rings. The Bertz CT molecular complexity index is 1180. The van der Waals surface area contributed by atoms with Crippen molar-refractivity contribution >= 4 is 17.4 Å². The van der Waals surface area contributed by atoms with E-state index in [2.05, 4.69) is 20.1 Å². The first-order chi connectivity index (χ1) is 15.3. The normalized spacial score (nSPS) is 14.6. The Morgan fingerprint density at radius 3 is 2.65 bits per heavy atom. The standard InChI is InChI=1S/C23H23N7O/c31-22(16-18-6-2-1-3-7-18)29-13-5-12-28(14-15-29)21-10-9-20-25-26-23(30(20)27-21)19-8-4-11-24-17-19/h1-4,6-11,17H,5,12-16H2. The van der Waals surface area contributed by atoms with Gasteiger partial charge in [0.2, 0.25) is 5.91 Å². The maximum absolute atomic E-state index is 12.8. The number of amides is 1. The van der Waals surface area contributed by atoms with Crippen LogP contribution in [0.1, 0.15) is 12.0 Å². The summed E-state index contributed by atoms with van der Waals surface area (Å²) in [6.07, 6.45) is 4.83. The summed E-state index contributed by atoms with van der Waals surface area (Å²) in [4.78, 5) is 21.1. The van der Waals surface area contributed by atoms with Gasteiger partial charge in [0.1, 0.15) is 5.82 Å². The molecule has 0 radical (unpaired) electrons. The van der Waals surface area contributed by atoms with Gasteiger partial charge in [-0.2, -0.15) is 4.52 Å². The van der Waals surface area contributed by atoms with Crippen LogP contribution >= 0.6 is 0 Å². The van der Waals surface area contributed by atoms with E-state index in [4.69, 9.17) is 5.10 Å². The van der Waals surface area contributed by atoms with Gasteiger partial charge in [0.25, 0.3) is 0 Å². The Kier molecular flexibility index (Phi) is 5.26. The lowest BCUT2D eigenvalue weighted by Gasteiger charge is -2.23. The third-order valence-electron chi connectivity index (χ3n) is 5.54. The van der Waals surface area contributed by atoms with Crippen LogP contribution in [-0.4, -0.2) is 61.8 Å². The first-order valence-electron chi connectivity index (χ1n) is 10.5. The molecule has 0 aliphatic carbocycles. The lowest BCUT2D eigenvalue weighted by Crippen LogP contribution is -2.36. The van der Waals surface area contributed by atoms with E-state index in [9.17, 15) is 4.79 Å². The number of carbonyl (C=O) groups is 1. The van der Waals surface area contributed by atoms with Crippen LogP contribution in [0.15, 0.2) is 67.0 Å². The molecule has 31 heavy (non-hydrogen) atoms. The van der Waals surface area contributed by atoms with E-state index in [0.29, 0.717) is 24.4 Å². The molecule has 0 N–H and O–H groups in total. The van der Waals surface area contributed by atoms with Crippen molar-refractivity contribution in [1.82, 2.24) is 29.7 Å². The highest BCUT2D eigenvalue weighted by atomic mass is 16.2. The molecule has 1 amide bonds. The van der Waals surface area contributed by atoms with Gasteiger partial charge in [0.05, 0.1) is 6.42 Å². The second-order valence-corrected chi connectivity index (χ2v) is 7.61. The Morgan fingerprint density at radius 1 is 0.903 bits per heavy atom. The van der Waals surface area contributed by atoms with Crippen LogP contribution in [0.4, 0.5) is 5.82 Å². The number of fused-ring (bicyclic) bond motifs is 1. The van der Waals surface area contributed by atoms with Crippen molar-refractivity contribution in [3.8, 4) is 11.4 Å². The predicted molar refractivity (Wildman–Crippen MR) is 118 cm³/mol. The Labute approximate surface area is 180 Å². The Morgan fingerprint density at radius 2 is 1.81 bits per heavy atom. The fraction of sp³-hybridized carbons (Fsp3) is 0.261. The van der Waals surface area contributed by atoms with E-state index in [1.54, 1.807) is 16.9 Å². The van der Waals surface area contributed by atoms with Gasteiger partial charge in [0, 0.05) is 44.1 Å². The van der Waals surface area contributed by atoms with Crippen LogP contribution in [0.5, 0.6) is 0 Å². The smallest absolute Gasteiger partial charge is 0.227 e. The van der Waals surface area contributed by atoms with E-state index >= 15 is 0 Å². The Balaban J connectivity index is 1.32. The van der Waals surface area contributed by atoms with Crippen molar-refractivity contribution < 1.29 is 4.79 Å². The van der Waals surface area contributed by atoms with Crippen LogP contribution in [0.25, 0.3) is 17.0 Å². The molecule has 8 heteroatoms. The molecule has 0 saturated carbocycles. The second-order valence-electron chi connectivity index (χ2n) is 7.61. The van der Waals surface area contributed by atoms with Crippen molar-refractivity contribution in [3.05, 3.63) is 72.6 Å². The minimum Gasteiger partial charge on any atom is -0.353 e. The summed E-state index contributed by atoms with van der Waals surface area (Å²) in [6.45, 7) is 3.03. The molecule has 1 aliphatic heterocycles. The number of benzene rings is 1. The second kappa shape index (κ2) is 8.51. The molecule has 156 valence electrons. The van der Waals surface area contributed by atoms with Crippen molar-refractivity contribution in [2.75, 3.05) is 31.1 Å². The van der Waals surface area contributed by atoms with Gasteiger partial charge in [0.15, 0.2) is 11.5 Å². The highest BCUT2D eigenvalue weighted by Crippen LogP contribution is 2.20. The van der Waals surface area contributed by atoms with Crippen molar-refractivity contribution in [2.45, 2.75) is 12.8 Å². The molecule has 4 aromatic rings. The molecule has 5 rings (SSSR count). The first-order valence-corrected chi connectivity index (χ1v) is 10.5. The maximum Gasteiger partial charge on any atom is 0.227 e. The number of carbonyl (C=O) groups excluding carboxylic acids is 1. The largest absolute Gasteiger partial charge is 0.353 e. The number of hydrogen-bond acceptors (Lipinski definition) is 6. The number of rotatable bonds is 4. The summed E-state index contributed by atoms with van der Waals surface area (Å²) >= 11 is 0. The summed E-state index contributed by atoms with van der Waals surface area (Å²) in [5.41, 5.74) is 2.61. The predicted octanol–water partition coefficient (Wildman–Crippen LogP) is 2.47.